The number of amides is 1. The van der Waals surface area contributed by atoms with Crippen molar-refractivity contribution in [1.82, 2.24) is 4.72 Å². The van der Waals surface area contributed by atoms with Gasteiger partial charge in [0.15, 0.2) is 0 Å². The summed E-state index contributed by atoms with van der Waals surface area (Å²) in [5, 5.41) is 31.2. The van der Waals surface area contributed by atoms with Crippen molar-refractivity contribution >= 4 is 27.7 Å². The molecule has 0 spiro atoms. The molecule has 1 saturated carbocycles. The molecule has 1 aromatic carbocycles. The van der Waals surface area contributed by atoms with Crippen molar-refractivity contribution in [3.8, 4) is 0 Å². The number of hydrogen-bond donors (Lipinski definition) is 4. The topological polar surface area (TPSA) is 124 Å². The number of carbonyl (C=O) groups excluding carboxylic acids is 1. The molecule has 1 unspecified atom stereocenters. The van der Waals surface area contributed by atoms with Crippen LogP contribution in [0.25, 0.3) is 0 Å². The molecule has 0 saturated heterocycles. The molecule has 1 amide bonds. The first-order chi connectivity index (χ1) is 15.7. The van der Waals surface area contributed by atoms with Gasteiger partial charge in [0.25, 0.3) is 0 Å². The van der Waals surface area contributed by atoms with Gasteiger partial charge in [-0.2, -0.15) is 0 Å². The second-order valence-electron chi connectivity index (χ2n) is 8.93. The molecule has 1 fully saturated rings. The summed E-state index contributed by atoms with van der Waals surface area (Å²) in [7, 11) is -3.49. The number of benzene rings is 1. The van der Waals surface area contributed by atoms with Crippen molar-refractivity contribution in [2.45, 2.75) is 87.9 Å². The Morgan fingerprint density at radius 1 is 1.06 bits per heavy atom. The lowest BCUT2D eigenvalue weighted by Crippen LogP contribution is -2.31. The molecule has 1 aromatic rings. The van der Waals surface area contributed by atoms with Crippen LogP contribution < -0.4 is 4.72 Å². The number of sulfonamides is 1. The highest BCUT2D eigenvalue weighted by Gasteiger charge is 2.40. The van der Waals surface area contributed by atoms with Crippen LogP contribution in [0.4, 0.5) is 0 Å². The lowest BCUT2D eigenvalue weighted by molar-refractivity contribution is -0.119. The Morgan fingerprint density at radius 2 is 1.70 bits per heavy atom. The highest BCUT2D eigenvalue weighted by atomic mass is 32.2. The van der Waals surface area contributed by atoms with Crippen molar-refractivity contribution in [2.24, 2.45) is 11.8 Å². The minimum Gasteiger partial charge on any atom is -0.393 e. The van der Waals surface area contributed by atoms with Gasteiger partial charge in [-0.15, -0.1) is 11.8 Å². The molecule has 0 bridgehead atoms. The van der Waals surface area contributed by atoms with Gasteiger partial charge in [0.1, 0.15) is 0 Å². The molecule has 0 aromatic heterocycles. The third-order valence-corrected chi connectivity index (χ3v) is 8.84. The van der Waals surface area contributed by atoms with E-state index in [-0.39, 0.29) is 24.0 Å². The molecule has 9 heteroatoms. The lowest BCUT2D eigenvalue weighted by Gasteiger charge is -2.24. The molecule has 7 nitrogen and oxygen atoms in total. The molecule has 2 rings (SSSR count). The van der Waals surface area contributed by atoms with E-state index >= 15 is 0 Å². The van der Waals surface area contributed by atoms with Crippen molar-refractivity contribution in [2.75, 3.05) is 11.5 Å². The minimum absolute atomic E-state index is 0.0126. The monoisotopic (exact) mass is 501 g/mol. The zero-order chi connectivity index (χ0) is 24.3. The molecule has 5 atom stereocenters. The summed E-state index contributed by atoms with van der Waals surface area (Å²) in [6, 6.07) is 9.95. The fourth-order valence-corrected chi connectivity index (χ4v) is 5.97. The first-order valence-corrected chi connectivity index (χ1v) is 14.6. The number of rotatable bonds is 15. The lowest BCUT2D eigenvalue weighted by atomic mass is 9.85. The second kappa shape index (κ2) is 14.3. The molecule has 1 aliphatic carbocycles. The number of aliphatic hydroxyl groups is 3. The van der Waals surface area contributed by atoms with Gasteiger partial charge in [-0.3, -0.25) is 9.52 Å². The fourth-order valence-electron chi connectivity index (χ4n) is 4.47. The van der Waals surface area contributed by atoms with Gasteiger partial charge < -0.3 is 15.3 Å². The van der Waals surface area contributed by atoms with Crippen LogP contribution in [0.2, 0.25) is 0 Å². The van der Waals surface area contributed by atoms with Crippen molar-refractivity contribution in [3.05, 3.63) is 30.3 Å². The van der Waals surface area contributed by atoms with Gasteiger partial charge in [0.2, 0.25) is 15.9 Å². The van der Waals surface area contributed by atoms with Crippen LogP contribution in [0.15, 0.2) is 35.2 Å². The minimum atomic E-state index is -3.49. The summed E-state index contributed by atoms with van der Waals surface area (Å²) >= 11 is 1.62. The third kappa shape index (κ3) is 10.3. The van der Waals surface area contributed by atoms with E-state index in [0.717, 1.165) is 30.6 Å². The largest absolute Gasteiger partial charge is 0.393 e. The predicted octanol–water partition coefficient (Wildman–Crippen LogP) is 3.08. The average molecular weight is 502 g/mol. The van der Waals surface area contributed by atoms with Gasteiger partial charge in [-0.1, -0.05) is 37.5 Å². The summed E-state index contributed by atoms with van der Waals surface area (Å²) in [6.45, 7) is 1.49. The summed E-state index contributed by atoms with van der Waals surface area (Å²) in [6.07, 6.45) is 4.34. The summed E-state index contributed by atoms with van der Waals surface area (Å²) in [5.74, 6) is 0.0366. The summed E-state index contributed by atoms with van der Waals surface area (Å²) < 4.78 is 24.8. The predicted molar refractivity (Wildman–Crippen MR) is 131 cm³/mol. The number of carbonyl (C=O) groups is 1. The van der Waals surface area contributed by atoms with Crippen LogP contribution in [0.1, 0.15) is 64.7 Å². The van der Waals surface area contributed by atoms with Gasteiger partial charge >= 0.3 is 0 Å². The van der Waals surface area contributed by atoms with E-state index in [2.05, 4.69) is 0 Å². The van der Waals surface area contributed by atoms with Crippen molar-refractivity contribution < 1.29 is 28.5 Å². The summed E-state index contributed by atoms with van der Waals surface area (Å²) in [4.78, 5) is 12.8. The highest BCUT2D eigenvalue weighted by Crippen LogP contribution is 2.39. The molecule has 0 radical (unpaired) electrons. The van der Waals surface area contributed by atoms with E-state index in [1.807, 2.05) is 35.1 Å². The molecule has 33 heavy (non-hydrogen) atoms. The zero-order valence-electron chi connectivity index (χ0n) is 19.4. The Labute approximate surface area is 202 Å². The van der Waals surface area contributed by atoms with Crippen LogP contribution in [-0.2, 0) is 14.8 Å². The molecule has 188 valence electrons. The normalized spacial score (nSPS) is 24.0. The standard InChI is InChI=1S/C24H39NO6S2/c1-2-33(30,31)25-24(29)13-9-4-3-8-12-20-21(23(28)16-22(20)27)15-14-18(26)17-32-19-10-6-5-7-11-19/h5-7,10-11,18,20-23,26-28H,2-4,8-9,12-17H2,1H3,(H,25,29)/t18?,20-,21-,22+,23-/m1/s1. The molecule has 1 aliphatic rings. The average Bonchev–Trinajstić information content (AvgIpc) is 3.05. The van der Waals surface area contributed by atoms with Crippen LogP contribution in [-0.4, -0.2) is 59.5 Å². The smallest absolute Gasteiger partial charge is 0.234 e. The maximum absolute atomic E-state index is 11.7. The Kier molecular flexibility index (Phi) is 12.2. The van der Waals surface area contributed by atoms with Crippen LogP contribution >= 0.6 is 11.8 Å². The van der Waals surface area contributed by atoms with E-state index in [1.165, 1.54) is 6.92 Å². The van der Waals surface area contributed by atoms with E-state index < -0.39 is 34.2 Å². The SMILES string of the molecule is CCS(=O)(=O)NC(=O)CCCCCC[C@@H]1[C@@H](CCC(O)CSc2ccccc2)[C@H](O)C[C@@H]1O. The maximum atomic E-state index is 11.7. The highest BCUT2D eigenvalue weighted by molar-refractivity contribution is 7.99. The van der Waals surface area contributed by atoms with Crippen molar-refractivity contribution in [1.29, 1.82) is 0 Å². The third-order valence-electron chi connectivity index (χ3n) is 6.38. The molecular formula is C24H39NO6S2. The summed E-state index contributed by atoms with van der Waals surface area (Å²) in [5.41, 5.74) is 0. The fraction of sp³-hybridized carbons (Fsp3) is 0.708. The van der Waals surface area contributed by atoms with Crippen LogP contribution in [0.3, 0.4) is 0 Å². The Bertz CT molecular complexity index is 804. The van der Waals surface area contributed by atoms with Gasteiger partial charge in [-0.05, 0) is 63.0 Å². The van der Waals surface area contributed by atoms with E-state index in [0.29, 0.717) is 31.4 Å². The Balaban J connectivity index is 1.65. The number of hydrogen-bond acceptors (Lipinski definition) is 7. The first kappa shape index (κ1) is 28.1. The first-order valence-electron chi connectivity index (χ1n) is 12.0. The molecular weight excluding hydrogens is 462 g/mol. The van der Waals surface area contributed by atoms with Gasteiger partial charge in [0.05, 0.1) is 24.1 Å². The van der Waals surface area contributed by atoms with E-state index in [9.17, 15) is 28.5 Å². The Morgan fingerprint density at radius 3 is 2.36 bits per heavy atom. The molecule has 0 aliphatic heterocycles. The Hall–Kier alpha value is -1.13. The second-order valence-corrected chi connectivity index (χ2v) is 12.0. The quantitative estimate of drug-likeness (QED) is 0.215. The van der Waals surface area contributed by atoms with Gasteiger partial charge in [-0.25, -0.2) is 8.42 Å². The molecule has 0 heterocycles. The van der Waals surface area contributed by atoms with Crippen molar-refractivity contribution in [3.63, 3.8) is 0 Å². The van der Waals surface area contributed by atoms with E-state index in [4.69, 9.17) is 0 Å². The molecule has 4 N–H and O–H groups in total. The number of nitrogens with one attached hydrogen (secondary N) is 1. The number of unbranched alkanes of at least 4 members (excludes halogenated alkanes) is 3. The van der Waals surface area contributed by atoms with Gasteiger partial charge in [0, 0.05) is 17.1 Å². The van der Waals surface area contributed by atoms with Crippen LogP contribution in [0, 0.1) is 11.8 Å². The van der Waals surface area contributed by atoms with Crippen LogP contribution in [0.5, 0.6) is 0 Å². The zero-order valence-corrected chi connectivity index (χ0v) is 21.1. The van der Waals surface area contributed by atoms with E-state index in [1.54, 1.807) is 11.8 Å². The maximum Gasteiger partial charge on any atom is 0.234 e. The number of aliphatic hydroxyl groups excluding tert-OH is 3. The number of thioether (sulfide) groups is 1.